The number of hydrogen-bond acceptors (Lipinski definition) is 14. The molecule has 2 amide bonds. The summed E-state index contributed by atoms with van der Waals surface area (Å²) >= 11 is 0. The normalized spacial score (nSPS) is 11.3. The summed E-state index contributed by atoms with van der Waals surface area (Å²) in [5.74, 6) is 0.639. The molecule has 0 aliphatic carbocycles. The zero-order valence-corrected chi connectivity index (χ0v) is 32.7. The number of anilines is 2. The lowest BCUT2D eigenvalue weighted by Gasteiger charge is -2.10. The number of benzene rings is 4. The average Bonchev–Trinajstić information content (AvgIpc) is 3.23. The number of ether oxygens (including phenoxy) is 6. The fourth-order valence-corrected chi connectivity index (χ4v) is 5.47. The molecule has 0 bridgehead atoms. The molecule has 20 heteroatoms. The molecule has 0 unspecified atom stereocenters. The molecule has 0 saturated heterocycles. The minimum absolute atomic E-state index is 0.0815. The van der Waals surface area contributed by atoms with Crippen molar-refractivity contribution in [2.24, 2.45) is 21.5 Å². The van der Waals surface area contributed by atoms with Crippen molar-refractivity contribution in [1.29, 1.82) is 0 Å². The molecule has 312 valence electrons. The summed E-state index contributed by atoms with van der Waals surface area (Å²) in [4.78, 5) is 54.0. The van der Waals surface area contributed by atoms with Gasteiger partial charge < -0.3 is 50.5 Å². The number of nitrogens with two attached hydrogens (primary N) is 2. The highest BCUT2D eigenvalue weighted by Gasteiger charge is 2.22. The molecule has 0 saturated carbocycles. The topological polar surface area (TPSA) is 277 Å². The second-order valence-electron chi connectivity index (χ2n) is 12.4. The molecule has 0 aliphatic heterocycles. The van der Waals surface area contributed by atoms with Crippen LogP contribution in [0.1, 0.15) is 41.5 Å². The largest absolute Gasteiger partial charge is 0.493 e. The van der Waals surface area contributed by atoms with E-state index >= 15 is 0 Å². The number of carbonyl (C=O) groups is 2. The van der Waals surface area contributed by atoms with E-state index < -0.39 is 35.2 Å². The summed E-state index contributed by atoms with van der Waals surface area (Å²) in [6.45, 7) is 0.573. The Hall–Kier alpha value is -7.64. The molecule has 20 nitrogen and oxygen atoms in total. The Balaban J connectivity index is 1.15. The van der Waals surface area contributed by atoms with E-state index in [9.17, 15) is 29.8 Å². The van der Waals surface area contributed by atoms with Crippen LogP contribution in [-0.2, 0) is 22.7 Å². The molecule has 0 atom stereocenters. The average molecular weight is 817 g/mol. The summed E-state index contributed by atoms with van der Waals surface area (Å²) < 4.78 is 30.8. The van der Waals surface area contributed by atoms with Crippen LogP contribution in [0, 0.1) is 20.2 Å². The Morgan fingerprint density at radius 2 is 0.915 bits per heavy atom. The smallest absolute Gasteiger partial charge is 0.435 e. The molecule has 4 aromatic carbocycles. The van der Waals surface area contributed by atoms with E-state index in [2.05, 4.69) is 20.6 Å². The molecule has 0 aliphatic rings. The van der Waals surface area contributed by atoms with Crippen LogP contribution in [0.3, 0.4) is 0 Å². The van der Waals surface area contributed by atoms with Crippen molar-refractivity contribution in [3.63, 3.8) is 0 Å². The maximum absolute atomic E-state index is 12.4. The van der Waals surface area contributed by atoms with Gasteiger partial charge in [-0.15, -0.1) is 0 Å². The standard InChI is InChI=1S/C39H44N8O12/c1-54-32-18-26(30(46(50)51)20-34(32)56-3)22-58-38(48)44-36(40)24-8-12-28(13-9-24)42-16-6-5-7-17-43-29-14-10-25(11-15-29)37(41)45-39(49)59-23-27-19-33(55-2)35(57-4)21-31(27)47(52)53/h8-15,18-21,42-43H,5-7,16-17,22-23H2,1-4H3,(H2,40,44,48)(H2,41,45,49). The number of unbranched alkanes of at least 4 members (excludes halogenated alkanes) is 2. The molecule has 0 spiro atoms. The van der Waals surface area contributed by atoms with E-state index in [1.165, 1.54) is 52.7 Å². The highest BCUT2D eigenvalue weighted by molar-refractivity contribution is 6.03. The maximum atomic E-state index is 12.4. The fourth-order valence-electron chi connectivity index (χ4n) is 5.47. The predicted octanol–water partition coefficient (Wildman–Crippen LogP) is 6.32. The lowest BCUT2D eigenvalue weighted by molar-refractivity contribution is -0.386. The molecule has 4 aromatic rings. The SMILES string of the molecule is COc1cc(COC(=O)/N=C(\N)c2ccc(NCCCCCNc3ccc(/C(N)=N/C(=O)OCc4cc(OC)c(OC)cc4[N+](=O)[O-])cc3)cc2)c([N+](=O)[O-])cc1OC. The van der Waals surface area contributed by atoms with Crippen molar-refractivity contribution in [2.45, 2.75) is 32.5 Å². The number of nitro groups is 2. The predicted molar refractivity (Wildman–Crippen MR) is 218 cm³/mol. The Morgan fingerprint density at radius 3 is 1.24 bits per heavy atom. The van der Waals surface area contributed by atoms with E-state index in [0.29, 0.717) is 11.1 Å². The third-order valence-electron chi connectivity index (χ3n) is 8.56. The second-order valence-corrected chi connectivity index (χ2v) is 12.4. The number of hydrogen-bond donors (Lipinski definition) is 4. The number of nitrogens with one attached hydrogen (secondary N) is 2. The quantitative estimate of drug-likeness (QED) is 0.0250. The highest BCUT2D eigenvalue weighted by atomic mass is 16.6. The minimum Gasteiger partial charge on any atom is -0.493 e. The van der Waals surface area contributed by atoms with Crippen LogP contribution in [0.25, 0.3) is 0 Å². The van der Waals surface area contributed by atoms with Crippen molar-refractivity contribution >= 4 is 46.6 Å². The number of nitrogens with zero attached hydrogens (tertiary/aromatic N) is 4. The Kier molecular flexibility index (Phi) is 16.1. The van der Waals surface area contributed by atoms with Gasteiger partial charge in [0.1, 0.15) is 24.9 Å². The molecular weight excluding hydrogens is 772 g/mol. The molecular formula is C39H44N8O12. The van der Waals surface area contributed by atoms with Crippen molar-refractivity contribution < 1.29 is 47.9 Å². The second kappa shape index (κ2) is 21.6. The molecule has 0 radical (unpaired) electrons. The number of amidine groups is 2. The minimum atomic E-state index is -1.02. The van der Waals surface area contributed by atoms with Crippen LogP contribution in [0.5, 0.6) is 23.0 Å². The first-order valence-corrected chi connectivity index (χ1v) is 17.9. The first-order valence-electron chi connectivity index (χ1n) is 17.9. The Labute approximate surface area is 338 Å². The fraction of sp³-hybridized carbons (Fsp3) is 0.282. The van der Waals surface area contributed by atoms with E-state index in [0.717, 1.165) is 43.7 Å². The van der Waals surface area contributed by atoms with Crippen LogP contribution in [0.4, 0.5) is 32.3 Å². The molecule has 4 rings (SSSR count). The van der Waals surface area contributed by atoms with E-state index in [-0.39, 0.29) is 57.2 Å². The zero-order chi connectivity index (χ0) is 42.9. The van der Waals surface area contributed by atoms with Gasteiger partial charge in [0.2, 0.25) is 0 Å². The van der Waals surface area contributed by atoms with Gasteiger partial charge in [0, 0.05) is 35.6 Å². The first-order chi connectivity index (χ1) is 28.4. The number of nitro benzene ring substituents is 2. The number of carbonyl (C=O) groups excluding carboxylic acids is 2. The van der Waals surface area contributed by atoms with E-state index in [4.69, 9.17) is 39.9 Å². The number of methoxy groups -OCH3 is 4. The van der Waals surface area contributed by atoms with Gasteiger partial charge in [0.15, 0.2) is 23.0 Å². The van der Waals surface area contributed by atoms with Crippen molar-refractivity contribution in [3.8, 4) is 23.0 Å². The Morgan fingerprint density at radius 1 is 0.576 bits per heavy atom. The summed E-state index contributed by atoms with van der Waals surface area (Å²) in [6.07, 6.45) is 0.713. The zero-order valence-electron chi connectivity index (χ0n) is 32.7. The van der Waals surface area contributed by atoms with Gasteiger partial charge >= 0.3 is 12.2 Å². The van der Waals surface area contributed by atoms with Gasteiger partial charge in [-0.25, -0.2) is 9.59 Å². The maximum Gasteiger partial charge on any atom is 0.435 e. The van der Waals surface area contributed by atoms with Crippen molar-refractivity contribution in [1.82, 2.24) is 0 Å². The molecule has 0 fully saturated rings. The van der Waals surface area contributed by atoms with Gasteiger partial charge in [-0.1, -0.05) is 0 Å². The van der Waals surface area contributed by atoms with Crippen LogP contribution >= 0.6 is 0 Å². The van der Waals surface area contributed by atoms with Crippen LogP contribution in [0.15, 0.2) is 82.8 Å². The van der Waals surface area contributed by atoms with Crippen molar-refractivity contribution in [3.05, 3.63) is 115 Å². The summed E-state index contributed by atoms with van der Waals surface area (Å²) in [6, 6.07) is 19.1. The Bertz CT molecular complexity index is 2030. The van der Waals surface area contributed by atoms with Gasteiger partial charge in [-0.3, -0.25) is 20.2 Å². The molecule has 6 N–H and O–H groups in total. The summed E-state index contributed by atoms with van der Waals surface area (Å²) in [5, 5.41) is 29.7. The van der Waals surface area contributed by atoms with Crippen LogP contribution in [0.2, 0.25) is 0 Å². The van der Waals surface area contributed by atoms with E-state index in [1.807, 2.05) is 0 Å². The number of aliphatic imine (C=N–C) groups is 2. The molecule has 0 heterocycles. The third-order valence-corrected chi connectivity index (χ3v) is 8.56. The molecule has 59 heavy (non-hydrogen) atoms. The van der Waals surface area contributed by atoms with Gasteiger partial charge in [-0.05, 0) is 79.9 Å². The monoisotopic (exact) mass is 816 g/mol. The van der Waals surface area contributed by atoms with Crippen molar-refractivity contribution in [2.75, 3.05) is 52.2 Å². The van der Waals surface area contributed by atoms with Crippen LogP contribution in [-0.4, -0.2) is 75.2 Å². The first kappa shape index (κ1) is 44.1. The lowest BCUT2D eigenvalue weighted by atomic mass is 10.1. The van der Waals surface area contributed by atoms with Crippen LogP contribution < -0.4 is 41.0 Å². The van der Waals surface area contributed by atoms with Gasteiger partial charge in [-0.2, -0.15) is 9.98 Å². The summed E-state index contributed by atoms with van der Waals surface area (Å²) in [5.41, 5.74) is 14.2. The van der Waals surface area contributed by atoms with E-state index in [1.54, 1.807) is 48.5 Å². The van der Waals surface area contributed by atoms with Gasteiger partial charge in [0.05, 0.1) is 61.5 Å². The lowest BCUT2D eigenvalue weighted by Crippen LogP contribution is -2.16. The molecule has 0 aromatic heterocycles. The summed E-state index contributed by atoms with van der Waals surface area (Å²) in [7, 11) is 5.46. The highest BCUT2D eigenvalue weighted by Crippen LogP contribution is 2.36. The number of amides is 2. The van der Waals surface area contributed by atoms with Gasteiger partial charge in [0.25, 0.3) is 11.4 Å². The third kappa shape index (κ3) is 12.7. The number of rotatable bonds is 20.